The summed E-state index contributed by atoms with van der Waals surface area (Å²) in [5.74, 6) is 0.472. The zero-order valence-electron chi connectivity index (χ0n) is 14.2. The van der Waals surface area contributed by atoms with Gasteiger partial charge in [-0.15, -0.1) is 0 Å². The van der Waals surface area contributed by atoms with Gasteiger partial charge in [0.05, 0.1) is 10.9 Å². The Morgan fingerprint density at radius 2 is 2.12 bits per heavy atom. The second-order valence-corrected chi connectivity index (χ2v) is 8.95. The molecule has 2 bridgehead atoms. The number of nitrogens with one attached hydrogen (secondary N) is 1. The van der Waals surface area contributed by atoms with Gasteiger partial charge in [-0.2, -0.15) is 10.2 Å². The van der Waals surface area contributed by atoms with Gasteiger partial charge in [-0.3, -0.25) is 4.79 Å². The van der Waals surface area contributed by atoms with Crippen LogP contribution in [0.1, 0.15) is 41.7 Å². The summed E-state index contributed by atoms with van der Waals surface area (Å²) in [4.78, 5) is 12.8. The second-order valence-electron chi connectivity index (χ2n) is 7.05. The van der Waals surface area contributed by atoms with E-state index in [1.165, 1.54) is 9.36 Å². The third-order valence-corrected chi connectivity index (χ3v) is 7.29. The van der Waals surface area contributed by atoms with E-state index in [0.29, 0.717) is 23.9 Å². The largest absolute Gasteiger partial charge is 0.270 e. The average Bonchev–Trinajstić information content (AvgIpc) is 3.29. The Morgan fingerprint density at radius 3 is 2.72 bits per heavy atom. The van der Waals surface area contributed by atoms with Crippen LogP contribution in [0.3, 0.4) is 0 Å². The molecule has 1 unspecified atom stereocenters. The minimum absolute atomic E-state index is 0.177. The van der Waals surface area contributed by atoms with E-state index in [0.717, 1.165) is 19.3 Å². The molecule has 2 aromatic heterocycles. The van der Waals surface area contributed by atoms with Crippen LogP contribution in [-0.2, 0) is 17.1 Å². The number of carbonyl (C=O) groups is 1. The van der Waals surface area contributed by atoms with Crippen LogP contribution in [0.4, 0.5) is 0 Å². The van der Waals surface area contributed by atoms with Gasteiger partial charge in [-0.25, -0.2) is 22.5 Å². The number of nitrogens with zero attached hydrogens (tertiary/aromatic N) is 4. The summed E-state index contributed by atoms with van der Waals surface area (Å²) in [5.41, 5.74) is 0.701. The van der Waals surface area contributed by atoms with Gasteiger partial charge >= 0.3 is 0 Å². The van der Waals surface area contributed by atoms with Crippen LogP contribution < -0.4 is 4.72 Å². The van der Waals surface area contributed by atoms with Crippen LogP contribution in [0.2, 0.25) is 0 Å². The standard InChI is InChI=1S/C16H21N5O3S/c1-10-14(16(20(2)18-10)21-7-3-6-17-21)15(22)19-25(23,24)13-9-11-4-5-12(13)8-11/h3,6-7,11-13H,4-5,8-9H2,1-2H3,(H,19,22)/t11-,12+,13?/m1/s1. The molecule has 134 valence electrons. The van der Waals surface area contributed by atoms with E-state index in [9.17, 15) is 13.2 Å². The normalized spacial score (nSPS) is 25.4. The van der Waals surface area contributed by atoms with Gasteiger partial charge in [-0.1, -0.05) is 6.42 Å². The summed E-state index contributed by atoms with van der Waals surface area (Å²) < 4.78 is 30.8. The first kappa shape index (κ1) is 16.3. The van der Waals surface area contributed by atoms with Gasteiger partial charge in [0.15, 0.2) is 5.82 Å². The van der Waals surface area contributed by atoms with Crippen molar-refractivity contribution in [1.82, 2.24) is 24.3 Å². The number of fused-ring (bicyclic) bond motifs is 2. The van der Waals surface area contributed by atoms with Gasteiger partial charge in [0.1, 0.15) is 5.56 Å². The van der Waals surface area contributed by atoms with Crippen LogP contribution in [0.25, 0.3) is 5.82 Å². The lowest BCUT2D eigenvalue weighted by molar-refractivity contribution is 0.0980. The van der Waals surface area contributed by atoms with Gasteiger partial charge in [-0.05, 0) is 44.1 Å². The van der Waals surface area contributed by atoms with Crippen molar-refractivity contribution < 1.29 is 13.2 Å². The molecule has 9 heteroatoms. The number of sulfonamides is 1. The molecule has 2 aliphatic rings. The van der Waals surface area contributed by atoms with Gasteiger partial charge in [0.2, 0.25) is 10.0 Å². The molecule has 2 heterocycles. The van der Waals surface area contributed by atoms with Gasteiger partial charge < -0.3 is 0 Å². The molecular weight excluding hydrogens is 342 g/mol. The Kier molecular flexibility index (Phi) is 3.71. The highest BCUT2D eigenvalue weighted by atomic mass is 32.2. The fraction of sp³-hybridized carbons (Fsp3) is 0.562. The van der Waals surface area contributed by atoms with E-state index < -0.39 is 21.2 Å². The first-order valence-electron chi connectivity index (χ1n) is 8.46. The Bertz CT molecular complexity index is 916. The fourth-order valence-electron chi connectivity index (χ4n) is 4.39. The van der Waals surface area contributed by atoms with Crippen LogP contribution >= 0.6 is 0 Å². The van der Waals surface area contributed by atoms with Crippen molar-refractivity contribution >= 4 is 15.9 Å². The molecule has 1 N–H and O–H groups in total. The monoisotopic (exact) mass is 363 g/mol. The summed E-state index contributed by atoms with van der Waals surface area (Å²) >= 11 is 0. The third kappa shape index (κ3) is 2.66. The molecule has 3 atom stereocenters. The van der Waals surface area contributed by atoms with Crippen molar-refractivity contribution in [2.75, 3.05) is 0 Å². The molecule has 2 fully saturated rings. The zero-order valence-corrected chi connectivity index (χ0v) is 15.0. The number of aromatic nitrogens is 4. The first-order valence-corrected chi connectivity index (χ1v) is 10.0. The van der Waals surface area contributed by atoms with Crippen LogP contribution in [-0.4, -0.2) is 39.1 Å². The van der Waals surface area contributed by atoms with E-state index in [-0.39, 0.29) is 11.5 Å². The van der Waals surface area contributed by atoms with Crippen LogP contribution in [0.15, 0.2) is 18.5 Å². The molecule has 4 rings (SSSR count). The van der Waals surface area contributed by atoms with Crippen LogP contribution in [0, 0.1) is 18.8 Å². The quantitative estimate of drug-likeness (QED) is 0.879. The second kappa shape index (κ2) is 5.69. The topological polar surface area (TPSA) is 98.9 Å². The maximum atomic E-state index is 12.8. The maximum absolute atomic E-state index is 12.8. The van der Waals surface area contributed by atoms with Gasteiger partial charge in [0.25, 0.3) is 5.91 Å². The summed E-state index contributed by atoms with van der Waals surface area (Å²) in [7, 11) is -2.00. The van der Waals surface area contributed by atoms with Crippen molar-refractivity contribution in [1.29, 1.82) is 0 Å². The predicted molar refractivity (Wildman–Crippen MR) is 90.7 cm³/mol. The SMILES string of the molecule is Cc1nn(C)c(-n2cccn2)c1C(=O)NS(=O)(=O)C1C[C@@H]2CC[C@H]1C2. The Morgan fingerprint density at radius 1 is 1.32 bits per heavy atom. The minimum Gasteiger partial charge on any atom is -0.268 e. The first-order chi connectivity index (χ1) is 11.9. The fourth-order valence-corrected chi connectivity index (χ4v) is 6.18. The average molecular weight is 363 g/mol. The molecule has 8 nitrogen and oxygen atoms in total. The molecule has 0 saturated heterocycles. The number of aryl methyl sites for hydroxylation is 2. The van der Waals surface area contributed by atoms with Gasteiger partial charge in [0, 0.05) is 19.4 Å². The lowest BCUT2D eigenvalue weighted by Crippen LogP contribution is -2.41. The number of rotatable bonds is 4. The zero-order chi connectivity index (χ0) is 17.8. The van der Waals surface area contributed by atoms with E-state index in [1.807, 2.05) is 0 Å². The summed E-state index contributed by atoms with van der Waals surface area (Å²) in [5, 5.41) is 7.93. The van der Waals surface area contributed by atoms with E-state index in [2.05, 4.69) is 14.9 Å². The number of carbonyl (C=O) groups excluding carboxylic acids is 1. The van der Waals surface area contributed by atoms with E-state index in [1.54, 1.807) is 32.4 Å². The maximum Gasteiger partial charge on any atom is 0.270 e. The predicted octanol–water partition coefficient (Wildman–Crippen LogP) is 1.16. The lowest BCUT2D eigenvalue weighted by Gasteiger charge is -2.22. The minimum atomic E-state index is -3.70. The highest BCUT2D eigenvalue weighted by molar-refractivity contribution is 7.90. The Hall–Kier alpha value is -2.16. The van der Waals surface area contributed by atoms with Crippen molar-refractivity contribution in [2.45, 2.75) is 37.9 Å². The summed E-state index contributed by atoms with van der Waals surface area (Å²) in [6.45, 7) is 1.69. The Balaban J connectivity index is 1.64. The van der Waals surface area contributed by atoms with Crippen molar-refractivity contribution in [3.63, 3.8) is 0 Å². The molecular formula is C16H21N5O3S. The molecule has 0 aliphatic heterocycles. The summed E-state index contributed by atoms with van der Waals surface area (Å²) in [6, 6.07) is 1.73. The van der Waals surface area contributed by atoms with E-state index in [4.69, 9.17) is 0 Å². The molecule has 0 radical (unpaired) electrons. The number of hydrogen-bond acceptors (Lipinski definition) is 5. The van der Waals surface area contributed by atoms with Crippen molar-refractivity contribution in [2.24, 2.45) is 18.9 Å². The highest BCUT2D eigenvalue weighted by Crippen LogP contribution is 2.47. The molecule has 1 amide bonds. The van der Waals surface area contributed by atoms with Crippen LogP contribution in [0.5, 0.6) is 0 Å². The summed E-state index contributed by atoms with van der Waals surface area (Å²) in [6.07, 6.45) is 6.95. The highest BCUT2D eigenvalue weighted by Gasteiger charge is 2.46. The third-order valence-electron chi connectivity index (χ3n) is 5.45. The molecule has 0 spiro atoms. The smallest absolute Gasteiger partial charge is 0.268 e. The Labute approximate surface area is 146 Å². The molecule has 0 aromatic carbocycles. The number of hydrogen-bond donors (Lipinski definition) is 1. The number of amides is 1. The molecule has 2 aliphatic carbocycles. The van der Waals surface area contributed by atoms with Crippen molar-refractivity contribution in [3.05, 3.63) is 29.7 Å². The molecule has 2 saturated carbocycles. The molecule has 25 heavy (non-hydrogen) atoms. The lowest BCUT2D eigenvalue weighted by atomic mass is 10.0. The van der Waals surface area contributed by atoms with Crippen molar-refractivity contribution in [3.8, 4) is 5.82 Å². The van der Waals surface area contributed by atoms with E-state index >= 15 is 0 Å². The molecule has 2 aromatic rings.